The largest absolute Gasteiger partial charge is 0.383 e. The second-order valence-electron chi connectivity index (χ2n) is 2.10. The summed E-state index contributed by atoms with van der Waals surface area (Å²) in [6, 6.07) is 2.60. The SMILES string of the molecule is Nc1ncccc1C(=O)C(F)F. The highest BCUT2D eigenvalue weighted by Gasteiger charge is 2.19. The lowest BCUT2D eigenvalue weighted by Crippen LogP contribution is -2.13. The number of pyridine rings is 1. The van der Waals surface area contributed by atoms with Gasteiger partial charge in [0.25, 0.3) is 0 Å². The minimum Gasteiger partial charge on any atom is -0.383 e. The van der Waals surface area contributed by atoms with Gasteiger partial charge in [0, 0.05) is 6.20 Å². The maximum atomic E-state index is 11.9. The fourth-order valence-electron chi connectivity index (χ4n) is 0.743. The minimum atomic E-state index is -3.03. The first kappa shape index (κ1) is 8.58. The summed E-state index contributed by atoms with van der Waals surface area (Å²) in [5.74, 6) is -1.46. The Hall–Kier alpha value is -1.52. The monoisotopic (exact) mass is 172 g/mol. The molecular formula is C7H6F2N2O. The molecule has 0 bridgehead atoms. The Morgan fingerprint density at radius 3 is 2.75 bits per heavy atom. The number of hydrogen-bond donors (Lipinski definition) is 1. The normalized spacial score (nSPS) is 10.2. The molecule has 0 saturated carbocycles. The van der Waals surface area contributed by atoms with E-state index in [-0.39, 0.29) is 11.4 Å². The molecule has 1 rings (SSSR count). The van der Waals surface area contributed by atoms with Gasteiger partial charge in [-0.05, 0) is 12.1 Å². The van der Waals surface area contributed by atoms with Crippen molar-refractivity contribution in [3.05, 3.63) is 23.9 Å². The van der Waals surface area contributed by atoms with Crippen molar-refractivity contribution in [2.24, 2.45) is 0 Å². The molecule has 0 unspecified atom stereocenters. The van der Waals surface area contributed by atoms with Gasteiger partial charge >= 0.3 is 6.43 Å². The first-order chi connectivity index (χ1) is 5.63. The van der Waals surface area contributed by atoms with Gasteiger partial charge in [0.2, 0.25) is 5.78 Å². The van der Waals surface area contributed by atoms with Gasteiger partial charge in [-0.15, -0.1) is 0 Å². The molecule has 5 heteroatoms. The van der Waals surface area contributed by atoms with Gasteiger partial charge in [-0.3, -0.25) is 4.79 Å². The first-order valence-corrected chi connectivity index (χ1v) is 3.16. The lowest BCUT2D eigenvalue weighted by molar-refractivity contribution is 0.0679. The first-order valence-electron chi connectivity index (χ1n) is 3.16. The topological polar surface area (TPSA) is 56.0 Å². The second kappa shape index (κ2) is 3.25. The number of carbonyl (C=O) groups is 1. The van der Waals surface area contributed by atoms with E-state index in [1.807, 2.05) is 0 Å². The fourth-order valence-corrected chi connectivity index (χ4v) is 0.743. The number of nitrogen functional groups attached to an aromatic ring is 1. The van der Waals surface area contributed by atoms with Crippen molar-refractivity contribution in [1.82, 2.24) is 4.98 Å². The average molecular weight is 172 g/mol. The Labute approximate surface area is 67.2 Å². The van der Waals surface area contributed by atoms with Crippen LogP contribution in [0.2, 0.25) is 0 Å². The summed E-state index contributed by atoms with van der Waals surface area (Å²) >= 11 is 0. The van der Waals surface area contributed by atoms with Crippen LogP contribution in [0.25, 0.3) is 0 Å². The summed E-state index contributed by atoms with van der Waals surface area (Å²) in [5, 5.41) is 0. The highest BCUT2D eigenvalue weighted by atomic mass is 19.3. The molecule has 0 radical (unpaired) electrons. The third-order valence-electron chi connectivity index (χ3n) is 1.30. The minimum absolute atomic E-state index is 0.164. The molecule has 0 amide bonds. The highest BCUT2D eigenvalue weighted by Crippen LogP contribution is 2.12. The van der Waals surface area contributed by atoms with Crippen LogP contribution in [0.5, 0.6) is 0 Å². The molecule has 0 aromatic carbocycles. The molecule has 0 atom stereocenters. The Morgan fingerprint density at radius 2 is 2.25 bits per heavy atom. The van der Waals surface area contributed by atoms with E-state index < -0.39 is 12.2 Å². The second-order valence-corrected chi connectivity index (χ2v) is 2.10. The zero-order valence-electron chi connectivity index (χ0n) is 6.00. The lowest BCUT2D eigenvalue weighted by Gasteiger charge is -2.00. The molecule has 12 heavy (non-hydrogen) atoms. The van der Waals surface area contributed by atoms with E-state index >= 15 is 0 Å². The van der Waals surface area contributed by atoms with Crippen LogP contribution in [0.3, 0.4) is 0 Å². The molecule has 0 fully saturated rings. The summed E-state index contributed by atoms with van der Waals surface area (Å²) in [5.41, 5.74) is 4.96. The van der Waals surface area contributed by atoms with Crippen molar-refractivity contribution in [1.29, 1.82) is 0 Å². The Bertz CT molecular complexity index is 301. The number of aromatic nitrogens is 1. The number of halogens is 2. The van der Waals surface area contributed by atoms with Crippen molar-refractivity contribution in [2.45, 2.75) is 6.43 Å². The molecular weight excluding hydrogens is 166 g/mol. The predicted octanol–water partition coefficient (Wildman–Crippen LogP) is 1.11. The Morgan fingerprint density at radius 1 is 1.58 bits per heavy atom. The zero-order valence-corrected chi connectivity index (χ0v) is 6.00. The van der Waals surface area contributed by atoms with Gasteiger partial charge in [-0.1, -0.05) is 0 Å². The molecule has 0 spiro atoms. The summed E-state index contributed by atoms with van der Waals surface area (Å²) in [6.07, 6.45) is -1.70. The summed E-state index contributed by atoms with van der Waals surface area (Å²) in [7, 11) is 0. The molecule has 3 nitrogen and oxygen atoms in total. The Balaban J connectivity index is 3.03. The van der Waals surface area contributed by atoms with Gasteiger partial charge < -0.3 is 5.73 Å². The maximum absolute atomic E-state index is 11.9. The van der Waals surface area contributed by atoms with Crippen molar-refractivity contribution < 1.29 is 13.6 Å². The van der Waals surface area contributed by atoms with E-state index in [2.05, 4.69) is 4.98 Å². The van der Waals surface area contributed by atoms with Crippen LogP contribution in [-0.4, -0.2) is 17.2 Å². The number of rotatable bonds is 2. The molecule has 2 N–H and O–H groups in total. The maximum Gasteiger partial charge on any atom is 0.300 e. The van der Waals surface area contributed by atoms with Crippen LogP contribution in [-0.2, 0) is 0 Å². The quantitative estimate of drug-likeness (QED) is 0.680. The van der Waals surface area contributed by atoms with E-state index in [9.17, 15) is 13.6 Å². The number of hydrogen-bond acceptors (Lipinski definition) is 3. The van der Waals surface area contributed by atoms with Gasteiger partial charge in [0.15, 0.2) is 0 Å². The number of ketones is 1. The zero-order chi connectivity index (χ0) is 9.14. The number of nitrogens with zero attached hydrogens (tertiary/aromatic N) is 1. The van der Waals surface area contributed by atoms with E-state index in [0.29, 0.717) is 0 Å². The molecule has 0 saturated heterocycles. The van der Waals surface area contributed by atoms with Crippen LogP contribution in [0, 0.1) is 0 Å². The number of carbonyl (C=O) groups excluding carboxylic acids is 1. The van der Waals surface area contributed by atoms with Crippen LogP contribution < -0.4 is 5.73 Å². The van der Waals surface area contributed by atoms with E-state index in [4.69, 9.17) is 5.73 Å². The Kier molecular flexibility index (Phi) is 2.32. The average Bonchev–Trinajstić information content (AvgIpc) is 2.04. The summed E-state index contributed by atoms with van der Waals surface area (Å²) < 4.78 is 23.7. The van der Waals surface area contributed by atoms with Crippen molar-refractivity contribution in [3.8, 4) is 0 Å². The van der Waals surface area contributed by atoms with Crippen LogP contribution in [0.1, 0.15) is 10.4 Å². The fraction of sp³-hybridized carbons (Fsp3) is 0.143. The molecule has 0 aliphatic rings. The van der Waals surface area contributed by atoms with Crippen molar-refractivity contribution in [3.63, 3.8) is 0 Å². The molecule has 1 aromatic heterocycles. The van der Waals surface area contributed by atoms with Crippen molar-refractivity contribution in [2.75, 3.05) is 5.73 Å². The molecule has 1 aromatic rings. The van der Waals surface area contributed by atoms with Crippen LogP contribution >= 0.6 is 0 Å². The predicted molar refractivity (Wildman–Crippen MR) is 39.0 cm³/mol. The molecule has 0 aliphatic carbocycles. The van der Waals surface area contributed by atoms with Gasteiger partial charge in [0.1, 0.15) is 5.82 Å². The van der Waals surface area contributed by atoms with E-state index in [0.717, 1.165) is 0 Å². The third-order valence-corrected chi connectivity index (χ3v) is 1.30. The van der Waals surface area contributed by atoms with Gasteiger partial charge in [0.05, 0.1) is 5.56 Å². The highest BCUT2D eigenvalue weighted by molar-refractivity contribution is 6.01. The molecule has 0 aliphatic heterocycles. The molecule has 64 valence electrons. The van der Waals surface area contributed by atoms with Crippen LogP contribution in [0.4, 0.5) is 14.6 Å². The number of anilines is 1. The lowest BCUT2D eigenvalue weighted by atomic mass is 10.2. The number of nitrogens with two attached hydrogens (primary N) is 1. The van der Waals surface area contributed by atoms with E-state index in [1.54, 1.807) is 0 Å². The number of alkyl halides is 2. The smallest absolute Gasteiger partial charge is 0.300 e. The van der Waals surface area contributed by atoms with E-state index in [1.165, 1.54) is 18.3 Å². The van der Waals surface area contributed by atoms with Gasteiger partial charge in [-0.2, -0.15) is 0 Å². The summed E-state index contributed by atoms with van der Waals surface area (Å²) in [6.45, 7) is 0. The van der Waals surface area contributed by atoms with Crippen molar-refractivity contribution >= 4 is 11.6 Å². The molecule has 1 heterocycles. The van der Waals surface area contributed by atoms with Crippen LogP contribution in [0.15, 0.2) is 18.3 Å². The van der Waals surface area contributed by atoms with Gasteiger partial charge in [-0.25, -0.2) is 13.8 Å². The number of Topliss-reactive ketones (excluding diaryl/α,β-unsaturated/α-hetero) is 1. The standard InChI is InChI=1S/C7H6F2N2O/c8-6(9)5(12)4-2-1-3-11-7(4)10/h1-3,6H,(H2,10,11). The third kappa shape index (κ3) is 1.55. The summed E-state index contributed by atoms with van der Waals surface area (Å²) in [4.78, 5) is 14.2.